The number of carbonyl (C=O) groups is 2. The molecule has 0 radical (unpaired) electrons. The van der Waals surface area contributed by atoms with Crippen LogP contribution >= 0.6 is 0 Å². The normalized spacial score (nSPS) is 17.7. The Morgan fingerprint density at radius 3 is 2.58 bits per heavy atom. The molecule has 1 heterocycles. The van der Waals surface area contributed by atoms with E-state index in [1.54, 1.807) is 4.90 Å². The highest BCUT2D eigenvalue weighted by atomic mass is 16.2. The van der Waals surface area contributed by atoms with Crippen molar-refractivity contribution < 1.29 is 9.59 Å². The summed E-state index contributed by atoms with van der Waals surface area (Å²) in [7, 11) is 0. The molecule has 26 heavy (non-hydrogen) atoms. The van der Waals surface area contributed by atoms with Crippen molar-refractivity contribution >= 4 is 11.8 Å². The Morgan fingerprint density at radius 1 is 1.27 bits per heavy atom. The van der Waals surface area contributed by atoms with Crippen molar-refractivity contribution in [2.75, 3.05) is 6.54 Å². The summed E-state index contributed by atoms with van der Waals surface area (Å²) in [6.07, 6.45) is 4.01. The molecule has 0 aliphatic carbocycles. The van der Waals surface area contributed by atoms with Gasteiger partial charge < -0.3 is 16.0 Å². The van der Waals surface area contributed by atoms with E-state index in [9.17, 15) is 9.59 Å². The van der Waals surface area contributed by atoms with Gasteiger partial charge in [-0.2, -0.15) is 0 Å². The van der Waals surface area contributed by atoms with Crippen LogP contribution in [0, 0.1) is 5.92 Å². The number of hydrogen-bond donors (Lipinski definition) is 2. The highest BCUT2D eigenvalue weighted by Crippen LogP contribution is 2.25. The summed E-state index contributed by atoms with van der Waals surface area (Å²) < 4.78 is 0. The topological polar surface area (TPSA) is 75.4 Å². The first-order chi connectivity index (χ1) is 12.5. The molecule has 0 saturated carbocycles. The number of carbonyl (C=O) groups excluding carboxylic acids is 2. The molecular weight excluding hydrogens is 326 g/mol. The predicted octanol–water partition coefficient (Wildman–Crippen LogP) is 2.62. The quantitative estimate of drug-likeness (QED) is 0.749. The third kappa shape index (κ3) is 5.31. The third-order valence-corrected chi connectivity index (χ3v) is 4.99. The summed E-state index contributed by atoms with van der Waals surface area (Å²) in [5, 5.41) is 3.08. The van der Waals surface area contributed by atoms with E-state index in [-0.39, 0.29) is 23.8 Å². The molecule has 2 amide bonds. The van der Waals surface area contributed by atoms with E-state index in [0.717, 1.165) is 30.4 Å². The maximum absolute atomic E-state index is 13.0. The standard InChI is InChI=1S/C21H33N3O2/c1-4-5-10-18(13-22)23-21(26)19-12-16-8-6-7-9-17(16)14-24(19)20(25)11-15(2)3/h6-9,15,18-19H,4-5,10-14,22H2,1-3H3,(H,23,26). The lowest BCUT2D eigenvalue weighted by molar-refractivity contribution is -0.142. The molecule has 0 saturated heterocycles. The molecule has 3 N–H and O–H groups in total. The summed E-state index contributed by atoms with van der Waals surface area (Å²) in [5.41, 5.74) is 8.12. The molecular formula is C21H33N3O2. The van der Waals surface area contributed by atoms with Crippen LogP contribution in [0.4, 0.5) is 0 Å². The van der Waals surface area contributed by atoms with Crippen molar-refractivity contribution in [3.05, 3.63) is 35.4 Å². The summed E-state index contributed by atoms with van der Waals surface area (Å²) in [5.74, 6) is 0.236. The van der Waals surface area contributed by atoms with E-state index in [4.69, 9.17) is 5.73 Å². The summed E-state index contributed by atoms with van der Waals surface area (Å²) >= 11 is 0. The first kappa shape index (κ1) is 20.4. The van der Waals surface area contributed by atoms with Gasteiger partial charge in [0.2, 0.25) is 11.8 Å². The smallest absolute Gasteiger partial charge is 0.243 e. The Labute approximate surface area is 157 Å². The zero-order valence-corrected chi connectivity index (χ0v) is 16.3. The fourth-order valence-corrected chi connectivity index (χ4v) is 3.48. The lowest BCUT2D eigenvalue weighted by Crippen LogP contribution is -2.55. The number of amides is 2. The largest absolute Gasteiger partial charge is 0.350 e. The van der Waals surface area contributed by atoms with Crippen LogP contribution in [0.15, 0.2) is 24.3 Å². The summed E-state index contributed by atoms with van der Waals surface area (Å²) in [6.45, 7) is 7.11. The second-order valence-corrected chi connectivity index (χ2v) is 7.69. The average molecular weight is 360 g/mol. The number of nitrogens with zero attached hydrogens (tertiary/aromatic N) is 1. The van der Waals surface area contributed by atoms with Gasteiger partial charge in [0, 0.05) is 32.0 Å². The Hall–Kier alpha value is -1.88. The molecule has 0 aromatic heterocycles. The molecule has 0 fully saturated rings. The number of rotatable bonds is 8. The van der Waals surface area contributed by atoms with Crippen molar-refractivity contribution in [2.45, 2.75) is 71.5 Å². The Kier molecular flexibility index (Phi) is 7.64. The predicted molar refractivity (Wildman–Crippen MR) is 104 cm³/mol. The fraction of sp³-hybridized carbons (Fsp3) is 0.619. The first-order valence-electron chi connectivity index (χ1n) is 9.82. The molecule has 0 bridgehead atoms. The minimum atomic E-state index is -0.452. The Bertz CT molecular complexity index is 615. The maximum atomic E-state index is 13.0. The zero-order valence-electron chi connectivity index (χ0n) is 16.3. The van der Waals surface area contributed by atoms with Gasteiger partial charge in [0.15, 0.2) is 0 Å². The highest BCUT2D eigenvalue weighted by molar-refractivity contribution is 5.88. The number of fused-ring (bicyclic) bond motifs is 1. The molecule has 2 unspecified atom stereocenters. The molecule has 1 aliphatic heterocycles. The molecule has 1 aromatic rings. The highest BCUT2D eigenvalue weighted by Gasteiger charge is 2.35. The number of unbranched alkanes of at least 4 members (excludes halogenated alkanes) is 1. The van der Waals surface area contributed by atoms with Crippen LogP contribution in [-0.4, -0.2) is 35.3 Å². The molecule has 1 aliphatic rings. The molecule has 2 atom stereocenters. The van der Waals surface area contributed by atoms with E-state index >= 15 is 0 Å². The van der Waals surface area contributed by atoms with Crippen LogP contribution in [0.25, 0.3) is 0 Å². The van der Waals surface area contributed by atoms with Crippen LogP contribution in [-0.2, 0) is 22.6 Å². The van der Waals surface area contributed by atoms with Crippen LogP contribution in [0.1, 0.15) is 57.6 Å². The Balaban J connectivity index is 2.18. The van der Waals surface area contributed by atoms with Gasteiger partial charge in [0.05, 0.1) is 0 Å². The lowest BCUT2D eigenvalue weighted by atomic mass is 9.92. The SMILES string of the molecule is CCCCC(CN)NC(=O)C1Cc2ccccc2CN1C(=O)CC(C)C. The van der Waals surface area contributed by atoms with Crippen LogP contribution in [0.2, 0.25) is 0 Å². The van der Waals surface area contributed by atoms with E-state index in [2.05, 4.69) is 18.3 Å². The minimum absolute atomic E-state index is 0.0262. The first-order valence-corrected chi connectivity index (χ1v) is 9.82. The van der Waals surface area contributed by atoms with Gasteiger partial charge in [-0.05, 0) is 23.5 Å². The van der Waals surface area contributed by atoms with E-state index < -0.39 is 6.04 Å². The van der Waals surface area contributed by atoms with Crippen LogP contribution in [0.5, 0.6) is 0 Å². The lowest BCUT2D eigenvalue weighted by Gasteiger charge is -2.37. The zero-order chi connectivity index (χ0) is 19.1. The maximum Gasteiger partial charge on any atom is 0.243 e. The molecule has 144 valence electrons. The van der Waals surface area contributed by atoms with Crippen LogP contribution in [0.3, 0.4) is 0 Å². The summed E-state index contributed by atoms with van der Waals surface area (Å²) in [6, 6.07) is 7.59. The number of nitrogens with two attached hydrogens (primary N) is 1. The molecule has 0 spiro atoms. The van der Waals surface area contributed by atoms with Crippen molar-refractivity contribution in [1.29, 1.82) is 0 Å². The van der Waals surface area contributed by atoms with E-state index in [0.29, 0.717) is 25.9 Å². The van der Waals surface area contributed by atoms with Gasteiger partial charge in [0.25, 0.3) is 0 Å². The Morgan fingerprint density at radius 2 is 1.96 bits per heavy atom. The minimum Gasteiger partial charge on any atom is -0.350 e. The van der Waals surface area contributed by atoms with E-state index in [1.165, 1.54) is 0 Å². The molecule has 5 heteroatoms. The van der Waals surface area contributed by atoms with Gasteiger partial charge in [-0.3, -0.25) is 9.59 Å². The monoisotopic (exact) mass is 359 g/mol. The van der Waals surface area contributed by atoms with Crippen molar-refractivity contribution in [2.24, 2.45) is 11.7 Å². The molecule has 5 nitrogen and oxygen atoms in total. The fourth-order valence-electron chi connectivity index (χ4n) is 3.48. The van der Waals surface area contributed by atoms with Gasteiger partial charge in [0.1, 0.15) is 6.04 Å². The van der Waals surface area contributed by atoms with E-state index in [1.807, 2.05) is 32.0 Å². The number of benzene rings is 1. The average Bonchev–Trinajstić information content (AvgIpc) is 2.63. The van der Waals surface area contributed by atoms with Gasteiger partial charge in [-0.15, -0.1) is 0 Å². The van der Waals surface area contributed by atoms with Crippen LogP contribution < -0.4 is 11.1 Å². The number of hydrogen-bond acceptors (Lipinski definition) is 3. The second-order valence-electron chi connectivity index (χ2n) is 7.69. The molecule has 2 rings (SSSR count). The van der Waals surface area contributed by atoms with Gasteiger partial charge >= 0.3 is 0 Å². The summed E-state index contributed by atoms with van der Waals surface area (Å²) in [4.78, 5) is 27.5. The van der Waals surface area contributed by atoms with Crippen molar-refractivity contribution in [3.8, 4) is 0 Å². The van der Waals surface area contributed by atoms with Crippen molar-refractivity contribution in [1.82, 2.24) is 10.2 Å². The number of nitrogens with one attached hydrogen (secondary N) is 1. The van der Waals surface area contributed by atoms with Gasteiger partial charge in [-0.1, -0.05) is 57.9 Å². The van der Waals surface area contributed by atoms with Gasteiger partial charge in [-0.25, -0.2) is 0 Å². The molecule has 1 aromatic carbocycles. The third-order valence-electron chi connectivity index (χ3n) is 4.99. The van der Waals surface area contributed by atoms with Crippen molar-refractivity contribution in [3.63, 3.8) is 0 Å². The second kappa shape index (κ2) is 9.72.